The molecule has 1 amide bonds. The Kier molecular flexibility index (Phi) is 5.57. The Balaban J connectivity index is 1.65. The van der Waals surface area contributed by atoms with Gasteiger partial charge in [-0.05, 0) is 41.6 Å². The number of carbonyl (C=O) groups is 1. The van der Waals surface area contributed by atoms with E-state index in [0.29, 0.717) is 17.5 Å². The number of amides is 1. The van der Waals surface area contributed by atoms with Gasteiger partial charge in [-0.3, -0.25) is 4.79 Å². The predicted molar refractivity (Wildman–Crippen MR) is 96.3 cm³/mol. The molecular weight excluding hydrogens is 354 g/mol. The van der Waals surface area contributed by atoms with Crippen molar-refractivity contribution >= 4 is 17.7 Å². The zero-order valence-electron chi connectivity index (χ0n) is 14.7. The van der Waals surface area contributed by atoms with Gasteiger partial charge in [0, 0.05) is 7.05 Å². The third-order valence-electron chi connectivity index (χ3n) is 3.69. The highest BCUT2D eigenvalue weighted by Crippen LogP contribution is 2.25. The SMILES string of the molecule is COc1ccccc1-n1nnnc1SCC(=O)N(C)Cc1ccc(C)o1. The minimum absolute atomic E-state index is 0.0429. The molecule has 0 aliphatic rings. The van der Waals surface area contributed by atoms with E-state index in [2.05, 4.69) is 15.5 Å². The van der Waals surface area contributed by atoms with Crippen molar-refractivity contribution in [3.05, 3.63) is 47.9 Å². The van der Waals surface area contributed by atoms with Gasteiger partial charge in [0.1, 0.15) is 23.0 Å². The lowest BCUT2D eigenvalue weighted by molar-refractivity contribution is -0.127. The van der Waals surface area contributed by atoms with Crippen LogP contribution in [0.5, 0.6) is 5.75 Å². The summed E-state index contributed by atoms with van der Waals surface area (Å²) in [6, 6.07) is 11.2. The average molecular weight is 373 g/mol. The summed E-state index contributed by atoms with van der Waals surface area (Å²) in [5.41, 5.74) is 0.717. The van der Waals surface area contributed by atoms with Crippen LogP contribution >= 0.6 is 11.8 Å². The second-order valence-corrected chi connectivity index (χ2v) is 6.54. The summed E-state index contributed by atoms with van der Waals surface area (Å²) in [5, 5.41) is 12.2. The second kappa shape index (κ2) is 8.05. The number of aryl methyl sites for hydroxylation is 1. The van der Waals surface area contributed by atoms with E-state index in [9.17, 15) is 4.79 Å². The number of hydrogen-bond acceptors (Lipinski definition) is 7. The van der Waals surface area contributed by atoms with Gasteiger partial charge in [-0.1, -0.05) is 23.9 Å². The van der Waals surface area contributed by atoms with Crippen LogP contribution in [0.4, 0.5) is 0 Å². The fraction of sp³-hybridized carbons (Fsp3) is 0.294. The first-order chi connectivity index (χ1) is 12.6. The number of thioether (sulfide) groups is 1. The molecule has 0 atom stereocenters. The van der Waals surface area contributed by atoms with Crippen molar-refractivity contribution in [2.24, 2.45) is 0 Å². The molecule has 0 aliphatic heterocycles. The summed E-state index contributed by atoms with van der Waals surface area (Å²) >= 11 is 1.27. The molecular formula is C17H19N5O3S. The zero-order valence-corrected chi connectivity index (χ0v) is 15.6. The van der Waals surface area contributed by atoms with Crippen LogP contribution in [-0.2, 0) is 11.3 Å². The van der Waals surface area contributed by atoms with Crippen LogP contribution in [0.1, 0.15) is 11.5 Å². The van der Waals surface area contributed by atoms with Gasteiger partial charge in [-0.25, -0.2) is 0 Å². The van der Waals surface area contributed by atoms with Crippen LogP contribution in [0.25, 0.3) is 5.69 Å². The highest BCUT2D eigenvalue weighted by Gasteiger charge is 2.17. The summed E-state index contributed by atoms with van der Waals surface area (Å²) in [6.45, 7) is 2.30. The van der Waals surface area contributed by atoms with Crippen LogP contribution in [0, 0.1) is 6.92 Å². The molecule has 9 heteroatoms. The smallest absolute Gasteiger partial charge is 0.233 e. The number of benzene rings is 1. The van der Waals surface area contributed by atoms with E-state index in [1.807, 2.05) is 43.3 Å². The number of methoxy groups -OCH3 is 1. The number of ether oxygens (including phenoxy) is 1. The monoisotopic (exact) mass is 373 g/mol. The van der Waals surface area contributed by atoms with Gasteiger partial charge < -0.3 is 14.1 Å². The van der Waals surface area contributed by atoms with E-state index in [0.717, 1.165) is 17.2 Å². The third kappa shape index (κ3) is 4.05. The molecule has 3 aromatic rings. The number of para-hydroxylation sites is 2. The van der Waals surface area contributed by atoms with Crippen LogP contribution in [-0.4, -0.2) is 50.9 Å². The quantitative estimate of drug-likeness (QED) is 0.588. The topological polar surface area (TPSA) is 86.3 Å². The maximum Gasteiger partial charge on any atom is 0.233 e. The summed E-state index contributed by atoms with van der Waals surface area (Å²) in [5.74, 6) is 2.40. The number of carbonyl (C=O) groups excluding carboxylic acids is 1. The minimum atomic E-state index is -0.0429. The molecule has 8 nitrogen and oxygen atoms in total. The van der Waals surface area contributed by atoms with E-state index in [1.165, 1.54) is 11.8 Å². The third-order valence-corrected chi connectivity index (χ3v) is 4.60. The summed E-state index contributed by atoms with van der Waals surface area (Å²) < 4.78 is 12.4. The van der Waals surface area contributed by atoms with E-state index >= 15 is 0 Å². The maximum atomic E-state index is 12.4. The molecule has 3 rings (SSSR count). The summed E-state index contributed by atoms with van der Waals surface area (Å²) in [6.07, 6.45) is 0. The molecule has 0 fully saturated rings. The number of tetrazole rings is 1. The average Bonchev–Trinajstić information content (AvgIpc) is 3.28. The fourth-order valence-corrected chi connectivity index (χ4v) is 3.18. The molecule has 0 aliphatic carbocycles. The van der Waals surface area contributed by atoms with Crippen molar-refractivity contribution in [3.63, 3.8) is 0 Å². The lowest BCUT2D eigenvalue weighted by Crippen LogP contribution is -2.27. The number of rotatable bonds is 7. The Morgan fingerprint density at radius 1 is 1.31 bits per heavy atom. The highest BCUT2D eigenvalue weighted by atomic mass is 32.2. The molecule has 26 heavy (non-hydrogen) atoms. The first-order valence-corrected chi connectivity index (χ1v) is 8.91. The normalized spacial score (nSPS) is 10.7. The first-order valence-electron chi connectivity index (χ1n) is 7.92. The van der Waals surface area contributed by atoms with Crippen molar-refractivity contribution in [1.29, 1.82) is 0 Å². The largest absolute Gasteiger partial charge is 0.494 e. The molecule has 0 saturated carbocycles. The molecule has 0 bridgehead atoms. The Labute approximate surface area is 155 Å². The predicted octanol–water partition coefficient (Wildman–Crippen LogP) is 2.32. The van der Waals surface area contributed by atoms with Gasteiger partial charge in [-0.2, -0.15) is 4.68 Å². The molecule has 2 heterocycles. The Morgan fingerprint density at radius 2 is 2.12 bits per heavy atom. The van der Waals surface area contributed by atoms with E-state index in [4.69, 9.17) is 9.15 Å². The molecule has 0 saturated heterocycles. The number of hydrogen-bond donors (Lipinski definition) is 0. The second-order valence-electron chi connectivity index (χ2n) is 5.60. The Bertz CT molecular complexity index is 892. The molecule has 0 radical (unpaired) electrons. The van der Waals surface area contributed by atoms with E-state index < -0.39 is 0 Å². The van der Waals surface area contributed by atoms with Crippen molar-refractivity contribution in [2.45, 2.75) is 18.6 Å². The van der Waals surface area contributed by atoms with Gasteiger partial charge in [0.25, 0.3) is 0 Å². The first kappa shape index (κ1) is 18.0. The van der Waals surface area contributed by atoms with E-state index in [-0.39, 0.29) is 11.7 Å². The fourth-order valence-electron chi connectivity index (χ4n) is 2.35. The van der Waals surface area contributed by atoms with Gasteiger partial charge in [0.15, 0.2) is 0 Å². The zero-order chi connectivity index (χ0) is 18.5. The number of nitrogens with zero attached hydrogens (tertiary/aromatic N) is 5. The van der Waals surface area contributed by atoms with Gasteiger partial charge in [0.2, 0.25) is 11.1 Å². The number of furan rings is 1. The molecule has 1 aromatic carbocycles. The minimum Gasteiger partial charge on any atom is -0.494 e. The van der Waals surface area contributed by atoms with Crippen LogP contribution in [0.2, 0.25) is 0 Å². The van der Waals surface area contributed by atoms with E-state index in [1.54, 1.807) is 23.7 Å². The van der Waals surface area contributed by atoms with Crippen LogP contribution < -0.4 is 4.74 Å². The standard InChI is InChI=1S/C17H19N5O3S/c1-12-8-9-13(25-12)10-21(2)16(23)11-26-17-18-19-20-22(17)14-6-4-5-7-15(14)24-3/h4-9H,10-11H2,1-3H3. The Hall–Kier alpha value is -2.81. The summed E-state index contributed by atoms with van der Waals surface area (Å²) in [7, 11) is 3.33. The van der Waals surface area contributed by atoms with Crippen LogP contribution in [0.3, 0.4) is 0 Å². The lowest BCUT2D eigenvalue weighted by Gasteiger charge is -2.15. The van der Waals surface area contributed by atoms with Crippen molar-refractivity contribution in [1.82, 2.24) is 25.1 Å². The van der Waals surface area contributed by atoms with Crippen molar-refractivity contribution in [3.8, 4) is 11.4 Å². The maximum absolute atomic E-state index is 12.4. The molecule has 0 N–H and O–H groups in total. The van der Waals surface area contributed by atoms with Crippen molar-refractivity contribution < 1.29 is 13.9 Å². The molecule has 2 aromatic heterocycles. The highest BCUT2D eigenvalue weighted by molar-refractivity contribution is 7.99. The van der Waals surface area contributed by atoms with Gasteiger partial charge >= 0.3 is 0 Å². The van der Waals surface area contributed by atoms with Gasteiger partial charge in [0.05, 0.1) is 19.4 Å². The number of aromatic nitrogens is 4. The molecule has 136 valence electrons. The molecule has 0 spiro atoms. The lowest BCUT2D eigenvalue weighted by atomic mass is 10.3. The molecule has 0 unspecified atom stereocenters. The van der Waals surface area contributed by atoms with Crippen LogP contribution in [0.15, 0.2) is 46.0 Å². The Morgan fingerprint density at radius 3 is 2.85 bits per heavy atom. The summed E-state index contributed by atoms with van der Waals surface area (Å²) in [4.78, 5) is 14.0. The van der Waals surface area contributed by atoms with Gasteiger partial charge in [-0.15, -0.1) is 5.10 Å². The van der Waals surface area contributed by atoms with Crippen molar-refractivity contribution in [2.75, 3.05) is 19.9 Å².